The van der Waals surface area contributed by atoms with Crippen molar-refractivity contribution in [3.8, 4) is 0 Å². The van der Waals surface area contributed by atoms with Crippen LogP contribution in [0.5, 0.6) is 0 Å². The van der Waals surface area contributed by atoms with Gasteiger partial charge in [-0.2, -0.15) is 0 Å². The molecule has 1 heterocycles. The second-order valence-corrected chi connectivity index (χ2v) is 5.99. The van der Waals surface area contributed by atoms with Crippen molar-refractivity contribution >= 4 is 5.91 Å². The molecule has 4 nitrogen and oxygen atoms in total. The van der Waals surface area contributed by atoms with Crippen LogP contribution < -0.4 is 10.6 Å². The predicted octanol–water partition coefficient (Wildman–Crippen LogP) is 1.08. The smallest absolute Gasteiger partial charge is 0.221 e. The second-order valence-electron chi connectivity index (χ2n) is 5.99. The van der Waals surface area contributed by atoms with Gasteiger partial charge in [0.1, 0.15) is 0 Å². The normalized spacial score (nSPS) is 26.9. The average Bonchev–Trinajstić information content (AvgIpc) is 2.24. The molecule has 2 N–H and O–H groups in total. The summed E-state index contributed by atoms with van der Waals surface area (Å²) in [5.74, 6) is 1.71. The number of hydrogen-bond acceptors (Lipinski definition) is 3. The van der Waals surface area contributed by atoms with E-state index in [0.29, 0.717) is 6.42 Å². The quantitative estimate of drug-likeness (QED) is 0.746. The van der Waals surface area contributed by atoms with Gasteiger partial charge in [-0.25, -0.2) is 0 Å². The lowest BCUT2D eigenvalue weighted by Crippen LogP contribution is -2.47. The molecule has 0 aromatic rings. The van der Waals surface area contributed by atoms with Crippen LogP contribution in [0.3, 0.4) is 0 Å². The SMILES string of the molecule is CNCCC(=O)NC(C)CN1CC(C)CC(C)C1. The number of rotatable bonds is 6. The maximum atomic E-state index is 11.6. The molecule has 4 heteroatoms. The van der Waals surface area contributed by atoms with E-state index in [1.165, 1.54) is 19.5 Å². The van der Waals surface area contributed by atoms with Crippen molar-refractivity contribution in [1.29, 1.82) is 0 Å². The highest BCUT2D eigenvalue weighted by molar-refractivity contribution is 5.76. The first kappa shape index (κ1) is 15.4. The maximum absolute atomic E-state index is 11.6. The Morgan fingerprint density at radius 1 is 1.33 bits per heavy atom. The molecule has 106 valence electrons. The Kier molecular flexibility index (Phi) is 6.65. The Balaban J connectivity index is 2.26. The summed E-state index contributed by atoms with van der Waals surface area (Å²) in [5, 5.41) is 6.06. The van der Waals surface area contributed by atoms with Gasteiger partial charge < -0.3 is 15.5 Å². The minimum absolute atomic E-state index is 0.148. The highest BCUT2D eigenvalue weighted by atomic mass is 16.1. The number of carbonyl (C=O) groups is 1. The molecule has 1 rings (SSSR count). The summed E-state index contributed by atoms with van der Waals surface area (Å²) in [6.45, 7) is 10.8. The van der Waals surface area contributed by atoms with Gasteiger partial charge in [0.05, 0.1) is 0 Å². The van der Waals surface area contributed by atoms with Crippen LogP contribution >= 0.6 is 0 Å². The van der Waals surface area contributed by atoms with Gasteiger partial charge >= 0.3 is 0 Å². The van der Waals surface area contributed by atoms with Crippen LogP contribution in [0, 0.1) is 11.8 Å². The number of nitrogens with zero attached hydrogens (tertiary/aromatic N) is 1. The lowest BCUT2D eigenvalue weighted by atomic mass is 9.92. The highest BCUT2D eigenvalue weighted by Crippen LogP contribution is 2.20. The monoisotopic (exact) mass is 255 g/mol. The summed E-state index contributed by atoms with van der Waals surface area (Å²) >= 11 is 0. The van der Waals surface area contributed by atoms with Gasteiger partial charge in [-0.3, -0.25) is 4.79 Å². The maximum Gasteiger partial charge on any atom is 0.221 e. The Hall–Kier alpha value is -0.610. The fraction of sp³-hybridized carbons (Fsp3) is 0.929. The molecule has 1 aliphatic heterocycles. The molecular weight excluding hydrogens is 226 g/mol. The van der Waals surface area contributed by atoms with E-state index in [0.717, 1.165) is 24.9 Å². The minimum atomic E-state index is 0.148. The molecule has 1 saturated heterocycles. The number of amides is 1. The third-order valence-electron chi connectivity index (χ3n) is 3.49. The van der Waals surface area contributed by atoms with Crippen LogP contribution in [0.25, 0.3) is 0 Å². The summed E-state index contributed by atoms with van der Waals surface area (Å²) in [5.41, 5.74) is 0. The molecule has 1 amide bonds. The molecule has 18 heavy (non-hydrogen) atoms. The van der Waals surface area contributed by atoms with Crippen molar-refractivity contribution in [3.05, 3.63) is 0 Å². The first-order valence-corrected chi connectivity index (χ1v) is 7.17. The summed E-state index contributed by atoms with van der Waals surface area (Å²) in [4.78, 5) is 14.1. The van der Waals surface area contributed by atoms with Crippen molar-refractivity contribution in [2.45, 2.75) is 39.7 Å². The van der Waals surface area contributed by atoms with Crippen molar-refractivity contribution in [1.82, 2.24) is 15.5 Å². The molecule has 3 unspecified atom stereocenters. The Morgan fingerprint density at radius 2 is 1.94 bits per heavy atom. The third-order valence-corrected chi connectivity index (χ3v) is 3.49. The van der Waals surface area contributed by atoms with E-state index in [-0.39, 0.29) is 11.9 Å². The van der Waals surface area contributed by atoms with E-state index in [2.05, 4.69) is 36.3 Å². The fourth-order valence-corrected chi connectivity index (χ4v) is 2.96. The Morgan fingerprint density at radius 3 is 2.50 bits per heavy atom. The zero-order valence-corrected chi connectivity index (χ0v) is 12.3. The molecule has 0 aromatic heterocycles. The zero-order chi connectivity index (χ0) is 13.5. The molecule has 0 spiro atoms. The van der Waals surface area contributed by atoms with Crippen LogP contribution in [0.2, 0.25) is 0 Å². The third kappa shape index (κ3) is 5.83. The molecular formula is C14H29N3O. The summed E-state index contributed by atoms with van der Waals surface area (Å²) < 4.78 is 0. The zero-order valence-electron chi connectivity index (χ0n) is 12.3. The van der Waals surface area contributed by atoms with Crippen LogP contribution in [0.15, 0.2) is 0 Å². The fourth-order valence-electron chi connectivity index (χ4n) is 2.96. The van der Waals surface area contributed by atoms with Gasteiger partial charge in [0.25, 0.3) is 0 Å². The summed E-state index contributed by atoms with van der Waals surface area (Å²) in [7, 11) is 1.87. The predicted molar refractivity (Wildman–Crippen MR) is 75.5 cm³/mol. The molecule has 0 aliphatic carbocycles. The van der Waals surface area contributed by atoms with E-state index >= 15 is 0 Å². The van der Waals surface area contributed by atoms with E-state index < -0.39 is 0 Å². The van der Waals surface area contributed by atoms with Crippen molar-refractivity contribution in [2.24, 2.45) is 11.8 Å². The topological polar surface area (TPSA) is 44.4 Å². The lowest BCUT2D eigenvalue weighted by Gasteiger charge is -2.36. The van der Waals surface area contributed by atoms with E-state index in [1.54, 1.807) is 0 Å². The van der Waals surface area contributed by atoms with E-state index in [4.69, 9.17) is 0 Å². The second kappa shape index (κ2) is 7.74. The van der Waals surface area contributed by atoms with Gasteiger partial charge in [-0.05, 0) is 32.2 Å². The first-order valence-electron chi connectivity index (χ1n) is 7.17. The van der Waals surface area contributed by atoms with Gasteiger partial charge in [-0.15, -0.1) is 0 Å². The number of piperidine rings is 1. The average molecular weight is 255 g/mol. The molecule has 1 fully saturated rings. The Bertz CT molecular complexity index is 247. The highest BCUT2D eigenvalue weighted by Gasteiger charge is 2.23. The van der Waals surface area contributed by atoms with Gasteiger partial charge in [-0.1, -0.05) is 13.8 Å². The largest absolute Gasteiger partial charge is 0.352 e. The molecule has 0 saturated carbocycles. The summed E-state index contributed by atoms with van der Waals surface area (Å²) in [6.07, 6.45) is 1.90. The number of hydrogen-bond donors (Lipinski definition) is 2. The van der Waals surface area contributed by atoms with Crippen molar-refractivity contribution < 1.29 is 4.79 Å². The summed E-state index contributed by atoms with van der Waals surface area (Å²) in [6, 6.07) is 0.242. The van der Waals surface area contributed by atoms with Gasteiger partial charge in [0.15, 0.2) is 0 Å². The molecule has 1 aliphatic rings. The lowest BCUT2D eigenvalue weighted by molar-refractivity contribution is -0.121. The standard InChI is InChI=1S/C14H29N3O/c1-11-7-12(2)9-17(8-11)10-13(3)16-14(18)5-6-15-4/h11-13,15H,5-10H2,1-4H3,(H,16,18). The molecule has 0 radical (unpaired) electrons. The number of carbonyl (C=O) groups excluding carboxylic acids is 1. The number of nitrogens with one attached hydrogen (secondary N) is 2. The van der Waals surface area contributed by atoms with Crippen LogP contribution in [0.1, 0.15) is 33.6 Å². The van der Waals surface area contributed by atoms with Crippen LogP contribution in [-0.2, 0) is 4.79 Å². The van der Waals surface area contributed by atoms with Crippen molar-refractivity contribution in [3.63, 3.8) is 0 Å². The van der Waals surface area contributed by atoms with E-state index in [9.17, 15) is 4.79 Å². The molecule has 3 atom stereocenters. The molecule has 0 bridgehead atoms. The van der Waals surface area contributed by atoms with Crippen LogP contribution in [0.4, 0.5) is 0 Å². The van der Waals surface area contributed by atoms with Gasteiger partial charge in [0, 0.05) is 38.6 Å². The number of likely N-dealkylation sites (tertiary alicyclic amines) is 1. The van der Waals surface area contributed by atoms with Gasteiger partial charge in [0.2, 0.25) is 5.91 Å². The molecule has 0 aromatic carbocycles. The van der Waals surface area contributed by atoms with Crippen molar-refractivity contribution in [2.75, 3.05) is 33.2 Å². The van der Waals surface area contributed by atoms with E-state index in [1.807, 2.05) is 7.05 Å². The Labute approximate surface area is 111 Å². The first-order chi connectivity index (χ1) is 8.51. The van der Waals surface area contributed by atoms with Crippen LogP contribution in [-0.4, -0.2) is 50.1 Å². The minimum Gasteiger partial charge on any atom is -0.352 e.